The number of benzene rings is 2. The summed E-state index contributed by atoms with van der Waals surface area (Å²) in [5.74, 6) is 0.627. The predicted molar refractivity (Wildman–Crippen MR) is 115 cm³/mol. The lowest BCUT2D eigenvalue weighted by atomic mass is 10.1. The van der Waals surface area contributed by atoms with E-state index in [0.717, 1.165) is 36.9 Å². The summed E-state index contributed by atoms with van der Waals surface area (Å²) in [6.45, 7) is 5.92. The molecule has 0 spiro atoms. The van der Waals surface area contributed by atoms with E-state index in [9.17, 15) is 9.59 Å². The van der Waals surface area contributed by atoms with E-state index in [1.165, 1.54) is 0 Å². The molecule has 0 saturated carbocycles. The number of amides is 2. The van der Waals surface area contributed by atoms with Crippen LogP contribution in [-0.2, 0) is 11.3 Å². The van der Waals surface area contributed by atoms with Gasteiger partial charge < -0.3 is 14.5 Å². The molecule has 0 atom stereocenters. The molecule has 0 saturated heterocycles. The van der Waals surface area contributed by atoms with Crippen LogP contribution in [0.3, 0.4) is 0 Å². The molecule has 1 aliphatic heterocycles. The number of carbonyl (C=O) groups excluding carboxylic acids is 2. The fraction of sp³-hybridized carbons (Fsp3) is 0.417. The quantitative estimate of drug-likeness (QED) is 0.761. The van der Waals surface area contributed by atoms with Gasteiger partial charge in [-0.3, -0.25) is 9.59 Å². The number of anilines is 1. The summed E-state index contributed by atoms with van der Waals surface area (Å²) >= 11 is 0. The van der Waals surface area contributed by atoms with Crippen molar-refractivity contribution in [3.8, 4) is 5.75 Å². The number of rotatable bonds is 3. The molecule has 2 amide bonds. The highest BCUT2D eigenvalue weighted by Crippen LogP contribution is 2.27. The van der Waals surface area contributed by atoms with Crippen LogP contribution in [0, 0.1) is 0 Å². The zero-order valence-corrected chi connectivity index (χ0v) is 17.4. The van der Waals surface area contributed by atoms with Crippen LogP contribution in [0.1, 0.15) is 55.5 Å². The van der Waals surface area contributed by atoms with Gasteiger partial charge in [-0.1, -0.05) is 43.2 Å². The van der Waals surface area contributed by atoms with Crippen molar-refractivity contribution in [3.05, 3.63) is 59.7 Å². The molecule has 0 fully saturated rings. The predicted octanol–water partition coefficient (Wildman–Crippen LogP) is 4.65. The molecule has 5 heteroatoms. The highest BCUT2D eigenvalue weighted by atomic mass is 16.5. The van der Waals surface area contributed by atoms with Gasteiger partial charge >= 0.3 is 0 Å². The molecule has 1 aliphatic rings. The van der Waals surface area contributed by atoms with Crippen LogP contribution in [0.5, 0.6) is 5.75 Å². The topological polar surface area (TPSA) is 49.9 Å². The molecule has 0 radical (unpaired) electrons. The lowest BCUT2D eigenvalue weighted by molar-refractivity contribution is -0.116. The Balaban J connectivity index is 1.96. The van der Waals surface area contributed by atoms with Gasteiger partial charge in [0.1, 0.15) is 5.75 Å². The Hall–Kier alpha value is -2.82. The van der Waals surface area contributed by atoms with Gasteiger partial charge in [0.2, 0.25) is 5.91 Å². The number of nitrogens with zero attached hydrogens (tertiary/aromatic N) is 2. The third-order valence-corrected chi connectivity index (χ3v) is 5.29. The number of para-hydroxylation sites is 2. The highest BCUT2D eigenvalue weighted by Gasteiger charge is 2.23. The average molecular weight is 395 g/mol. The third kappa shape index (κ3) is 5.17. The summed E-state index contributed by atoms with van der Waals surface area (Å²) in [6.07, 6.45) is 4.00. The Kier molecular flexibility index (Phi) is 7.28. The molecule has 2 aromatic rings. The van der Waals surface area contributed by atoms with Crippen LogP contribution >= 0.6 is 0 Å². The van der Waals surface area contributed by atoms with Gasteiger partial charge in [-0.2, -0.15) is 0 Å². The van der Waals surface area contributed by atoms with Crippen molar-refractivity contribution >= 4 is 17.5 Å². The zero-order valence-electron chi connectivity index (χ0n) is 17.4. The lowest BCUT2D eigenvalue weighted by Gasteiger charge is -2.27. The van der Waals surface area contributed by atoms with Crippen molar-refractivity contribution < 1.29 is 14.3 Å². The molecule has 2 aromatic carbocycles. The van der Waals surface area contributed by atoms with Gasteiger partial charge in [-0.15, -0.1) is 0 Å². The van der Waals surface area contributed by atoms with E-state index in [2.05, 4.69) is 0 Å². The second-order valence-corrected chi connectivity index (χ2v) is 7.37. The van der Waals surface area contributed by atoms with Gasteiger partial charge in [-0.05, 0) is 43.5 Å². The smallest absolute Gasteiger partial charge is 0.257 e. The minimum atomic E-state index is -0.0301. The van der Waals surface area contributed by atoms with Crippen LogP contribution in [0.15, 0.2) is 48.5 Å². The van der Waals surface area contributed by atoms with E-state index in [0.29, 0.717) is 37.6 Å². The molecular formula is C24H30N2O3. The van der Waals surface area contributed by atoms with Crippen molar-refractivity contribution in [1.82, 2.24) is 4.90 Å². The number of hydrogen-bond acceptors (Lipinski definition) is 3. The van der Waals surface area contributed by atoms with Gasteiger partial charge in [0.05, 0.1) is 12.2 Å². The minimum absolute atomic E-state index is 0.0301. The first kappa shape index (κ1) is 20.9. The first-order chi connectivity index (χ1) is 14.1. The molecular weight excluding hydrogens is 364 g/mol. The largest absolute Gasteiger partial charge is 0.493 e. The summed E-state index contributed by atoms with van der Waals surface area (Å²) < 4.78 is 5.69. The van der Waals surface area contributed by atoms with E-state index >= 15 is 0 Å². The summed E-state index contributed by atoms with van der Waals surface area (Å²) in [4.78, 5) is 29.5. The van der Waals surface area contributed by atoms with Crippen LogP contribution in [0.25, 0.3) is 0 Å². The SMILES string of the molecule is CCOc1ccccc1C(=O)N1CCCCCCN(C(C)=O)c2ccccc2C1. The Bertz CT molecular complexity index is 850. The molecule has 0 N–H and O–H groups in total. The third-order valence-electron chi connectivity index (χ3n) is 5.29. The summed E-state index contributed by atoms with van der Waals surface area (Å²) in [7, 11) is 0. The summed E-state index contributed by atoms with van der Waals surface area (Å²) in [5, 5.41) is 0. The molecule has 0 aromatic heterocycles. The fourth-order valence-electron chi connectivity index (χ4n) is 3.83. The fourth-order valence-corrected chi connectivity index (χ4v) is 3.83. The van der Waals surface area contributed by atoms with E-state index < -0.39 is 0 Å². The molecule has 0 aliphatic carbocycles. The Morgan fingerprint density at radius 1 is 0.931 bits per heavy atom. The van der Waals surface area contributed by atoms with Crippen LogP contribution < -0.4 is 9.64 Å². The minimum Gasteiger partial charge on any atom is -0.493 e. The Morgan fingerprint density at radius 3 is 2.38 bits per heavy atom. The molecule has 154 valence electrons. The van der Waals surface area contributed by atoms with E-state index in [-0.39, 0.29) is 11.8 Å². The second kappa shape index (κ2) is 10.1. The lowest BCUT2D eigenvalue weighted by Crippen LogP contribution is -2.34. The number of ether oxygens (including phenoxy) is 1. The molecule has 3 rings (SSSR count). The van der Waals surface area contributed by atoms with Gasteiger partial charge in [-0.25, -0.2) is 0 Å². The monoisotopic (exact) mass is 394 g/mol. The maximum atomic E-state index is 13.4. The van der Waals surface area contributed by atoms with Crippen molar-refractivity contribution in [2.45, 2.75) is 46.1 Å². The van der Waals surface area contributed by atoms with Crippen molar-refractivity contribution in [3.63, 3.8) is 0 Å². The average Bonchev–Trinajstić information content (AvgIpc) is 2.76. The molecule has 0 bridgehead atoms. The number of hydrogen-bond donors (Lipinski definition) is 0. The number of fused-ring (bicyclic) bond motifs is 1. The molecule has 5 nitrogen and oxygen atoms in total. The van der Waals surface area contributed by atoms with Crippen molar-refractivity contribution in [2.75, 3.05) is 24.6 Å². The summed E-state index contributed by atoms with van der Waals surface area (Å²) in [6, 6.07) is 15.3. The highest BCUT2D eigenvalue weighted by molar-refractivity contribution is 5.97. The maximum absolute atomic E-state index is 13.4. The van der Waals surface area contributed by atoms with Gasteiger partial charge in [0.25, 0.3) is 5.91 Å². The van der Waals surface area contributed by atoms with Crippen LogP contribution in [0.4, 0.5) is 5.69 Å². The van der Waals surface area contributed by atoms with Crippen molar-refractivity contribution in [1.29, 1.82) is 0 Å². The normalized spacial score (nSPS) is 15.2. The molecule has 0 unspecified atom stereocenters. The van der Waals surface area contributed by atoms with E-state index in [1.54, 1.807) is 6.92 Å². The molecule has 1 heterocycles. The van der Waals surface area contributed by atoms with Crippen LogP contribution in [-0.4, -0.2) is 36.4 Å². The maximum Gasteiger partial charge on any atom is 0.257 e. The first-order valence-electron chi connectivity index (χ1n) is 10.5. The zero-order chi connectivity index (χ0) is 20.6. The summed E-state index contributed by atoms with van der Waals surface area (Å²) in [5.41, 5.74) is 2.48. The number of carbonyl (C=O) groups is 2. The Morgan fingerprint density at radius 2 is 1.62 bits per heavy atom. The molecule has 29 heavy (non-hydrogen) atoms. The van der Waals surface area contributed by atoms with E-state index in [1.807, 2.05) is 65.3 Å². The Labute approximate surface area is 173 Å². The van der Waals surface area contributed by atoms with Gasteiger partial charge in [0, 0.05) is 32.2 Å². The van der Waals surface area contributed by atoms with E-state index in [4.69, 9.17) is 4.74 Å². The standard InChI is InChI=1S/C24H30N2O3/c1-3-29-23-15-9-7-13-21(23)24(28)25-16-10-4-5-11-17-26(19(2)27)22-14-8-6-12-20(22)18-25/h6-9,12-15H,3-5,10-11,16-18H2,1-2H3. The first-order valence-corrected chi connectivity index (χ1v) is 10.5. The van der Waals surface area contributed by atoms with Gasteiger partial charge in [0.15, 0.2) is 0 Å². The van der Waals surface area contributed by atoms with Crippen molar-refractivity contribution in [2.24, 2.45) is 0 Å². The second-order valence-electron chi connectivity index (χ2n) is 7.37. The van der Waals surface area contributed by atoms with Crippen LogP contribution in [0.2, 0.25) is 0 Å².